The van der Waals surface area contributed by atoms with Gasteiger partial charge in [0.25, 0.3) is 0 Å². The van der Waals surface area contributed by atoms with Gasteiger partial charge in [-0.05, 0) is 36.0 Å². The van der Waals surface area contributed by atoms with E-state index < -0.39 is 0 Å². The van der Waals surface area contributed by atoms with Crippen molar-refractivity contribution in [3.63, 3.8) is 0 Å². The van der Waals surface area contributed by atoms with Gasteiger partial charge < -0.3 is 15.8 Å². The summed E-state index contributed by atoms with van der Waals surface area (Å²) < 4.78 is 5.60. The molecular formula is C12H12Cl2N2O. The number of hydrogen-bond donors (Lipinski definition) is 2. The maximum absolute atomic E-state index is 5.91. The van der Waals surface area contributed by atoms with Gasteiger partial charge in [-0.3, -0.25) is 0 Å². The van der Waals surface area contributed by atoms with E-state index in [0.29, 0.717) is 22.4 Å². The molecule has 0 bridgehead atoms. The Hall–Kier alpha value is -1.16. The highest BCUT2D eigenvalue weighted by Gasteiger charge is 2.11. The van der Waals surface area contributed by atoms with Gasteiger partial charge in [0.1, 0.15) is 18.5 Å². The minimum Gasteiger partial charge on any atom is -0.490 e. The predicted molar refractivity (Wildman–Crippen MR) is 69.6 cm³/mol. The monoisotopic (exact) mass is 270 g/mol. The molecule has 0 saturated carbocycles. The smallest absolute Gasteiger partial charge is 0.133 e. The molecule has 90 valence electrons. The van der Waals surface area contributed by atoms with Crippen molar-refractivity contribution in [1.82, 2.24) is 5.32 Å². The summed E-state index contributed by atoms with van der Waals surface area (Å²) in [6.07, 6.45) is 5.14. The van der Waals surface area contributed by atoms with Crippen LogP contribution in [0.15, 0.2) is 42.3 Å². The number of dihydropyridines is 1. The third-order valence-corrected chi connectivity index (χ3v) is 3.07. The molecule has 17 heavy (non-hydrogen) atoms. The van der Waals surface area contributed by atoms with Gasteiger partial charge in [0.15, 0.2) is 0 Å². The lowest BCUT2D eigenvalue weighted by atomic mass is 10.2. The highest BCUT2D eigenvalue weighted by Crippen LogP contribution is 2.23. The number of nitrogens with one attached hydrogen (secondary N) is 1. The Labute approximate surface area is 110 Å². The first-order valence-corrected chi connectivity index (χ1v) is 5.87. The van der Waals surface area contributed by atoms with E-state index >= 15 is 0 Å². The van der Waals surface area contributed by atoms with Crippen LogP contribution >= 0.6 is 23.2 Å². The molecule has 1 aromatic carbocycles. The average Bonchev–Trinajstić information content (AvgIpc) is 2.32. The number of halogens is 2. The summed E-state index contributed by atoms with van der Waals surface area (Å²) in [5.41, 5.74) is 6.74. The highest BCUT2D eigenvalue weighted by molar-refractivity contribution is 6.42. The Bertz CT molecular complexity index is 472. The van der Waals surface area contributed by atoms with Gasteiger partial charge in [0.2, 0.25) is 0 Å². The fourth-order valence-electron chi connectivity index (χ4n) is 1.42. The largest absolute Gasteiger partial charge is 0.490 e. The molecule has 1 unspecified atom stereocenters. The second-order valence-corrected chi connectivity index (χ2v) is 4.42. The Morgan fingerprint density at radius 3 is 2.82 bits per heavy atom. The zero-order valence-corrected chi connectivity index (χ0v) is 10.5. The van der Waals surface area contributed by atoms with Gasteiger partial charge in [-0.25, -0.2) is 0 Å². The van der Waals surface area contributed by atoms with E-state index in [0.717, 1.165) is 5.56 Å². The molecule has 5 heteroatoms. The van der Waals surface area contributed by atoms with Crippen LogP contribution in [0.4, 0.5) is 0 Å². The van der Waals surface area contributed by atoms with Crippen LogP contribution in [-0.2, 0) is 11.3 Å². The fourth-order valence-corrected chi connectivity index (χ4v) is 1.74. The maximum atomic E-state index is 5.91. The van der Waals surface area contributed by atoms with Crippen LogP contribution in [0, 0.1) is 0 Å². The normalized spacial score (nSPS) is 18.5. The molecule has 0 amide bonds. The molecule has 3 N–H and O–H groups in total. The van der Waals surface area contributed by atoms with Crippen molar-refractivity contribution < 1.29 is 4.74 Å². The van der Waals surface area contributed by atoms with Gasteiger partial charge >= 0.3 is 0 Å². The Kier molecular flexibility index (Phi) is 3.94. The van der Waals surface area contributed by atoms with Crippen molar-refractivity contribution in [2.24, 2.45) is 5.73 Å². The van der Waals surface area contributed by atoms with Gasteiger partial charge in [-0.2, -0.15) is 0 Å². The molecule has 1 aromatic rings. The van der Waals surface area contributed by atoms with Gasteiger partial charge in [0.05, 0.1) is 10.0 Å². The molecule has 0 aromatic heterocycles. The summed E-state index contributed by atoms with van der Waals surface area (Å²) >= 11 is 11.7. The predicted octanol–water partition coefficient (Wildman–Crippen LogP) is 2.80. The molecule has 0 saturated heterocycles. The number of allylic oxidation sites excluding steroid dienone is 2. The molecule has 1 atom stereocenters. The third kappa shape index (κ3) is 3.16. The fraction of sp³-hybridized carbons (Fsp3) is 0.167. The van der Waals surface area contributed by atoms with Crippen molar-refractivity contribution in [1.29, 1.82) is 0 Å². The third-order valence-electron chi connectivity index (χ3n) is 2.33. The van der Waals surface area contributed by atoms with Crippen LogP contribution in [0.25, 0.3) is 0 Å². The Morgan fingerprint density at radius 1 is 1.29 bits per heavy atom. The molecule has 0 spiro atoms. The van der Waals surface area contributed by atoms with E-state index in [4.69, 9.17) is 33.7 Å². The van der Waals surface area contributed by atoms with Crippen LogP contribution in [0.2, 0.25) is 10.0 Å². The summed E-state index contributed by atoms with van der Waals surface area (Å²) in [6.45, 7) is 0.409. The van der Waals surface area contributed by atoms with Crippen molar-refractivity contribution >= 4 is 23.2 Å². The van der Waals surface area contributed by atoms with Gasteiger partial charge in [-0.15, -0.1) is 0 Å². The summed E-state index contributed by atoms with van der Waals surface area (Å²) in [5.74, 6) is 0.693. The lowest BCUT2D eigenvalue weighted by Crippen LogP contribution is -2.37. The highest BCUT2D eigenvalue weighted by atomic mass is 35.5. The van der Waals surface area contributed by atoms with E-state index in [1.165, 1.54) is 0 Å². The molecule has 1 aliphatic heterocycles. The van der Waals surface area contributed by atoms with Crippen LogP contribution < -0.4 is 11.1 Å². The van der Waals surface area contributed by atoms with Crippen molar-refractivity contribution in [3.8, 4) is 0 Å². The summed E-state index contributed by atoms with van der Waals surface area (Å²) in [4.78, 5) is 0. The van der Waals surface area contributed by atoms with Crippen molar-refractivity contribution in [2.45, 2.75) is 12.8 Å². The zero-order valence-electron chi connectivity index (χ0n) is 8.99. The first-order valence-electron chi connectivity index (χ1n) is 5.12. The lowest BCUT2D eigenvalue weighted by molar-refractivity contribution is 0.175. The maximum Gasteiger partial charge on any atom is 0.133 e. The Morgan fingerprint density at radius 2 is 2.12 bits per heavy atom. The number of benzene rings is 1. The second kappa shape index (κ2) is 5.45. The molecule has 1 aliphatic rings. The number of rotatable bonds is 3. The molecular weight excluding hydrogens is 259 g/mol. The van der Waals surface area contributed by atoms with Crippen LogP contribution in [-0.4, -0.2) is 6.17 Å². The average molecular weight is 271 g/mol. The SMILES string of the molecule is NC1NC=CC=C1OCc1ccc(Cl)c(Cl)c1. The molecule has 0 radical (unpaired) electrons. The minimum absolute atomic E-state index is 0.303. The molecule has 2 rings (SSSR count). The minimum atomic E-state index is -0.303. The van der Waals surface area contributed by atoms with E-state index in [2.05, 4.69) is 5.32 Å². The summed E-state index contributed by atoms with van der Waals surface area (Å²) in [5, 5.41) is 4.00. The van der Waals surface area contributed by atoms with E-state index in [1.54, 1.807) is 18.3 Å². The van der Waals surface area contributed by atoms with Gasteiger partial charge in [-0.1, -0.05) is 29.3 Å². The van der Waals surface area contributed by atoms with Gasteiger partial charge in [0, 0.05) is 0 Å². The molecule has 0 fully saturated rings. The first kappa shape index (κ1) is 12.3. The van der Waals surface area contributed by atoms with Crippen LogP contribution in [0.1, 0.15) is 5.56 Å². The second-order valence-electron chi connectivity index (χ2n) is 3.61. The molecule has 1 heterocycles. The molecule has 0 aliphatic carbocycles. The number of hydrogen-bond acceptors (Lipinski definition) is 3. The Balaban J connectivity index is 2.00. The van der Waals surface area contributed by atoms with Crippen molar-refractivity contribution in [3.05, 3.63) is 57.9 Å². The number of nitrogens with two attached hydrogens (primary N) is 1. The summed E-state index contributed by atoms with van der Waals surface area (Å²) in [6, 6.07) is 5.39. The van der Waals surface area contributed by atoms with Crippen molar-refractivity contribution in [2.75, 3.05) is 0 Å². The van der Waals surface area contributed by atoms with E-state index in [-0.39, 0.29) is 6.17 Å². The topological polar surface area (TPSA) is 47.3 Å². The van der Waals surface area contributed by atoms with E-state index in [1.807, 2.05) is 18.2 Å². The lowest BCUT2D eigenvalue weighted by Gasteiger charge is -2.19. The van der Waals surface area contributed by atoms with Crippen LogP contribution in [0.5, 0.6) is 0 Å². The number of ether oxygens (including phenoxy) is 1. The van der Waals surface area contributed by atoms with Crippen LogP contribution in [0.3, 0.4) is 0 Å². The quantitative estimate of drug-likeness (QED) is 0.888. The van der Waals surface area contributed by atoms with E-state index in [9.17, 15) is 0 Å². The zero-order chi connectivity index (χ0) is 12.3. The molecule has 3 nitrogen and oxygen atoms in total. The standard InChI is InChI=1S/C12H12Cl2N2O/c13-9-4-3-8(6-10(9)14)7-17-11-2-1-5-16-12(11)15/h1-6,12,16H,7,15H2. The summed E-state index contributed by atoms with van der Waals surface area (Å²) in [7, 11) is 0. The first-order chi connectivity index (χ1) is 8.16.